The highest BCUT2D eigenvalue weighted by atomic mass is 16.5. The van der Waals surface area contributed by atoms with Crippen molar-refractivity contribution in [1.82, 2.24) is 15.0 Å². The van der Waals surface area contributed by atoms with E-state index in [1.807, 2.05) is 26.0 Å². The van der Waals surface area contributed by atoms with E-state index in [-0.39, 0.29) is 24.2 Å². The summed E-state index contributed by atoms with van der Waals surface area (Å²) in [6.45, 7) is 4.89. The van der Waals surface area contributed by atoms with Gasteiger partial charge in [0.2, 0.25) is 5.82 Å². The standard InChI is InChI=1S/C28H29N5O4/c1-17(2)36-25-9-7-18(14-20(25)15-29)27-31-26(32-37-27)24-5-3-4-22-19(6-8-23(22)24)16-30-28(35)33-12-10-21(34)11-13-33/h3-5,7,9,14,16-17,19,21,34H,6,8,10-13H2,1-2H3. The number of fused-ring (bicyclic) bond motifs is 1. The monoisotopic (exact) mass is 499 g/mol. The molecule has 37 heavy (non-hydrogen) atoms. The summed E-state index contributed by atoms with van der Waals surface area (Å²) in [5.74, 6) is 1.36. The largest absolute Gasteiger partial charge is 0.490 e. The Hall–Kier alpha value is -4.03. The predicted molar refractivity (Wildman–Crippen MR) is 137 cm³/mol. The third-order valence-electron chi connectivity index (χ3n) is 6.79. The van der Waals surface area contributed by atoms with Crippen molar-refractivity contribution in [1.29, 1.82) is 5.26 Å². The number of benzene rings is 2. The summed E-state index contributed by atoms with van der Waals surface area (Å²) >= 11 is 0. The van der Waals surface area contributed by atoms with Crippen molar-refractivity contribution in [2.24, 2.45) is 4.99 Å². The molecule has 1 saturated heterocycles. The number of nitriles is 1. The Morgan fingerprint density at radius 1 is 1.27 bits per heavy atom. The molecular formula is C28H29N5O4. The second-order valence-electron chi connectivity index (χ2n) is 9.71. The minimum absolute atomic E-state index is 0.0346. The van der Waals surface area contributed by atoms with Gasteiger partial charge in [0.05, 0.1) is 17.8 Å². The van der Waals surface area contributed by atoms with Gasteiger partial charge in [0.25, 0.3) is 5.89 Å². The lowest BCUT2D eigenvalue weighted by molar-refractivity contribution is 0.0962. The highest BCUT2D eigenvalue weighted by Gasteiger charge is 2.27. The van der Waals surface area contributed by atoms with Crippen LogP contribution in [0, 0.1) is 11.3 Å². The normalized spacial score (nSPS) is 17.8. The lowest BCUT2D eigenvalue weighted by atomic mass is 9.99. The van der Waals surface area contributed by atoms with Crippen LogP contribution in [0.15, 0.2) is 45.9 Å². The van der Waals surface area contributed by atoms with Crippen molar-refractivity contribution in [3.63, 3.8) is 0 Å². The third-order valence-corrected chi connectivity index (χ3v) is 6.79. The molecule has 2 amide bonds. The number of aromatic nitrogens is 2. The van der Waals surface area contributed by atoms with Crippen LogP contribution in [0.25, 0.3) is 22.8 Å². The van der Waals surface area contributed by atoms with Gasteiger partial charge in [-0.25, -0.2) is 9.79 Å². The maximum atomic E-state index is 12.5. The highest BCUT2D eigenvalue weighted by molar-refractivity contribution is 5.87. The van der Waals surface area contributed by atoms with E-state index in [4.69, 9.17) is 9.26 Å². The van der Waals surface area contributed by atoms with Crippen LogP contribution in [0.2, 0.25) is 0 Å². The molecule has 1 N–H and O–H groups in total. The van der Waals surface area contributed by atoms with Crippen LogP contribution in [0.1, 0.15) is 55.7 Å². The quantitative estimate of drug-likeness (QED) is 0.503. The fourth-order valence-corrected chi connectivity index (χ4v) is 4.90. The van der Waals surface area contributed by atoms with Gasteiger partial charge in [0.15, 0.2) is 0 Å². The van der Waals surface area contributed by atoms with Crippen molar-refractivity contribution in [2.45, 2.75) is 57.7 Å². The summed E-state index contributed by atoms with van der Waals surface area (Å²) in [5.41, 5.74) is 4.17. The molecule has 1 fully saturated rings. The Morgan fingerprint density at radius 3 is 2.84 bits per heavy atom. The fraction of sp³-hybridized carbons (Fsp3) is 0.393. The molecule has 3 aromatic rings. The van der Waals surface area contributed by atoms with E-state index in [0.717, 1.165) is 29.5 Å². The molecule has 190 valence electrons. The van der Waals surface area contributed by atoms with Crippen molar-refractivity contribution >= 4 is 12.2 Å². The van der Waals surface area contributed by atoms with Crippen LogP contribution >= 0.6 is 0 Å². The Kier molecular flexibility index (Phi) is 7.01. The van der Waals surface area contributed by atoms with Crippen LogP contribution in [0.5, 0.6) is 5.75 Å². The number of urea groups is 1. The molecule has 1 aliphatic heterocycles. The highest BCUT2D eigenvalue weighted by Crippen LogP contribution is 2.38. The number of aliphatic imine (C=N–C) groups is 1. The van der Waals surface area contributed by atoms with E-state index in [2.05, 4.69) is 27.3 Å². The zero-order valence-corrected chi connectivity index (χ0v) is 20.9. The van der Waals surface area contributed by atoms with E-state index >= 15 is 0 Å². The van der Waals surface area contributed by atoms with Crippen molar-refractivity contribution in [2.75, 3.05) is 13.1 Å². The van der Waals surface area contributed by atoms with Gasteiger partial charge in [-0.15, -0.1) is 0 Å². The van der Waals surface area contributed by atoms with Crippen LogP contribution in [0.4, 0.5) is 4.79 Å². The number of aliphatic hydroxyl groups is 1. The molecule has 2 aliphatic rings. The van der Waals surface area contributed by atoms with Crippen molar-refractivity contribution in [3.8, 4) is 34.7 Å². The molecule has 1 aromatic heterocycles. The van der Waals surface area contributed by atoms with E-state index < -0.39 is 0 Å². The predicted octanol–water partition coefficient (Wildman–Crippen LogP) is 4.74. The maximum absolute atomic E-state index is 12.5. The molecule has 5 rings (SSSR count). The van der Waals surface area contributed by atoms with Crippen LogP contribution < -0.4 is 4.74 Å². The number of carbonyl (C=O) groups is 1. The molecular weight excluding hydrogens is 470 g/mol. The molecule has 0 radical (unpaired) electrons. The number of hydrogen-bond donors (Lipinski definition) is 1. The molecule has 0 bridgehead atoms. The molecule has 1 unspecified atom stereocenters. The van der Waals surface area contributed by atoms with Gasteiger partial charge in [0, 0.05) is 36.3 Å². The van der Waals surface area contributed by atoms with Gasteiger partial charge in [-0.05, 0) is 68.9 Å². The zero-order chi connectivity index (χ0) is 25.9. The van der Waals surface area contributed by atoms with E-state index in [1.54, 1.807) is 29.3 Å². The van der Waals surface area contributed by atoms with Crippen LogP contribution in [-0.4, -0.2) is 57.7 Å². The number of piperidine rings is 1. The van der Waals surface area contributed by atoms with Gasteiger partial charge >= 0.3 is 6.03 Å². The number of hydrogen-bond acceptors (Lipinski definition) is 7. The molecule has 0 saturated carbocycles. The summed E-state index contributed by atoms with van der Waals surface area (Å²) in [6, 6.07) is 13.1. The van der Waals surface area contributed by atoms with E-state index in [1.165, 1.54) is 0 Å². The molecule has 9 nitrogen and oxygen atoms in total. The Bertz CT molecular complexity index is 1370. The average molecular weight is 500 g/mol. The summed E-state index contributed by atoms with van der Waals surface area (Å²) in [5, 5.41) is 23.4. The number of rotatable bonds is 5. The van der Waals surface area contributed by atoms with E-state index in [0.29, 0.717) is 54.5 Å². The van der Waals surface area contributed by atoms with Crippen LogP contribution in [-0.2, 0) is 6.42 Å². The lowest BCUT2D eigenvalue weighted by Gasteiger charge is -2.27. The van der Waals surface area contributed by atoms with Gasteiger partial charge in [0.1, 0.15) is 11.8 Å². The lowest BCUT2D eigenvalue weighted by Crippen LogP contribution is -2.38. The molecule has 1 atom stereocenters. The van der Waals surface area contributed by atoms with Crippen molar-refractivity contribution < 1.29 is 19.2 Å². The molecule has 0 spiro atoms. The minimum atomic E-state index is -0.328. The van der Waals surface area contributed by atoms with Gasteiger partial charge in [-0.1, -0.05) is 23.4 Å². The number of amides is 2. The van der Waals surface area contributed by atoms with Crippen molar-refractivity contribution in [3.05, 3.63) is 53.1 Å². The van der Waals surface area contributed by atoms with Gasteiger partial charge < -0.3 is 19.3 Å². The fourth-order valence-electron chi connectivity index (χ4n) is 4.90. The molecule has 1 aliphatic carbocycles. The first-order valence-corrected chi connectivity index (χ1v) is 12.6. The molecule has 2 aromatic carbocycles. The summed E-state index contributed by atoms with van der Waals surface area (Å²) in [4.78, 5) is 23.0. The Morgan fingerprint density at radius 2 is 2.08 bits per heavy atom. The third kappa shape index (κ3) is 5.25. The summed E-state index contributed by atoms with van der Waals surface area (Å²) in [6.07, 6.45) is 4.22. The summed E-state index contributed by atoms with van der Waals surface area (Å²) in [7, 11) is 0. The number of aliphatic hydroxyl groups excluding tert-OH is 1. The Balaban J connectivity index is 1.35. The number of likely N-dealkylation sites (tertiary alicyclic amines) is 1. The topological polar surface area (TPSA) is 125 Å². The number of nitrogens with zero attached hydrogens (tertiary/aromatic N) is 5. The minimum Gasteiger partial charge on any atom is -0.490 e. The molecule has 9 heteroatoms. The Labute approximate surface area is 215 Å². The maximum Gasteiger partial charge on any atom is 0.343 e. The first-order chi connectivity index (χ1) is 17.9. The first kappa shape index (κ1) is 24.7. The second kappa shape index (κ2) is 10.5. The molecule has 2 heterocycles. The number of carbonyl (C=O) groups excluding carboxylic acids is 1. The number of ether oxygens (including phenoxy) is 1. The van der Waals surface area contributed by atoms with Gasteiger partial charge in [-0.2, -0.15) is 10.2 Å². The average Bonchev–Trinajstić information content (AvgIpc) is 3.55. The first-order valence-electron chi connectivity index (χ1n) is 12.6. The smallest absolute Gasteiger partial charge is 0.343 e. The zero-order valence-electron chi connectivity index (χ0n) is 20.9. The van der Waals surface area contributed by atoms with E-state index in [9.17, 15) is 15.2 Å². The summed E-state index contributed by atoms with van der Waals surface area (Å²) < 4.78 is 11.3. The SMILES string of the molecule is CC(C)Oc1ccc(-c2nc(-c3cccc4c3CCC4C=NC(=O)N3CCC(O)CC3)no2)cc1C#N. The second-order valence-corrected chi connectivity index (χ2v) is 9.71. The van der Waals surface area contributed by atoms with Gasteiger partial charge in [-0.3, -0.25) is 0 Å². The van der Waals surface area contributed by atoms with Crippen LogP contribution in [0.3, 0.4) is 0 Å².